The van der Waals surface area contributed by atoms with Gasteiger partial charge in [-0.15, -0.1) is 0 Å². The van der Waals surface area contributed by atoms with Crippen LogP contribution in [0, 0.1) is 21.4 Å². The van der Waals surface area contributed by atoms with Gasteiger partial charge in [0.1, 0.15) is 5.69 Å². The Bertz CT molecular complexity index is 1190. The molecule has 0 aromatic heterocycles. The number of hydrogen-bond acceptors (Lipinski definition) is 6. The Morgan fingerprint density at radius 1 is 0.970 bits per heavy atom. The summed E-state index contributed by atoms with van der Waals surface area (Å²) >= 11 is 0. The molecule has 1 aliphatic rings. The first-order chi connectivity index (χ1) is 16.0. The summed E-state index contributed by atoms with van der Waals surface area (Å²) in [5.41, 5.74) is 2.85. The van der Waals surface area contributed by atoms with E-state index < -0.39 is 4.92 Å². The Labute approximate surface area is 191 Å². The second-order valence-electron chi connectivity index (χ2n) is 7.77. The third-order valence-electron chi connectivity index (χ3n) is 5.64. The maximum absolute atomic E-state index is 13.2. The number of benzene rings is 3. The van der Waals surface area contributed by atoms with Gasteiger partial charge in [-0.2, -0.15) is 5.26 Å². The minimum Gasteiger partial charge on any atom is -0.370 e. The molecule has 1 heterocycles. The topological polar surface area (TPSA) is 103 Å². The van der Waals surface area contributed by atoms with E-state index in [2.05, 4.69) is 16.3 Å². The molecule has 3 aromatic carbocycles. The van der Waals surface area contributed by atoms with Crippen LogP contribution < -0.4 is 10.2 Å². The lowest BCUT2D eigenvalue weighted by Gasteiger charge is -2.24. The Hall–Kier alpha value is -4.38. The summed E-state index contributed by atoms with van der Waals surface area (Å²) in [6.07, 6.45) is 0.779. The van der Waals surface area contributed by atoms with Crippen molar-refractivity contribution in [2.75, 3.05) is 36.4 Å². The highest BCUT2D eigenvalue weighted by Crippen LogP contribution is 2.29. The van der Waals surface area contributed by atoms with Crippen molar-refractivity contribution in [3.8, 4) is 6.07 Å². The highest BCUT2D eigenvalue weighted by atomic mass is 16.6. The summed E-state index contributed by atoms with van der Waals surface area (Å²) < 4.78 is 0. The fraction of sp³-hybridized carbons (Fsp3) is 0.200. The summed E-state index contributed by atoms with van der Waals surface area (Å²) in [7, 11) is 0. The summed E-state index contributed by atoms with van der Waals surface area (Å²) in [6, 6.07) is 23.3. The zero-order valence-corrected chi connectivity index (χ0v) is 18.0. The predicted molar refractivity (Wildman–Crippen MR) is 127 cm³/mol. The number of nitro groups is 1. The highest BCUT2D eigenvalue weighted by Gasteiger charge is 2.24. The minimum atomic E-state index is -0.475. The van der Waals surface area contributed by atoms with Gasteiger partial charge < -0.3 is 15.1 Å². The van der Waals surface area contributed by atoms with Gasteiger partial charge in [0.2, 0.25) is 0 Å². The molecule has 0 radical (unpaired) electrons. The molecule has 3 aromatic rings. The summed E-state index contributed by atoms with van der Waals surface area (Å²) in [6.45, 7) is 2.52. The summed E-state index contributed by atoms with van der Waals surface area (Å²) in [5.74, 6) is -0.217. The van der Waals surface area contributed by atoms with Crippen LogP contribution in [0.3, 0.4) is 0 Å². The van der Waals surface area contributed by atoms with E-state index in [0.717, 1.165) is 24.3 Å². The van der Waals surface area contributed by atoms with Crippen molar-refractivity contribution >= 4 is 28.7 Å². The number of carbonyl (C=O) groups excluding carboxylic acids is 1. The van der Waals surface area contributed by atoms with E-state index >= 15 is 0 Å². The number of rotatable bonds is 5. The van der Waals surface area contributed by atoms with Crippen molar-refractivity contribution in [3.63, 3.8) is 0 Å². The molecule has 0 saturated carbocycles. The number of nitrogens with zero attached hydrogens (tertiary/aromatic N) is 4. The van der Waals surface area contributed by atoms with Gasteiger partial charge in [0.05, 0.1) is 16.6 Å². The number of carbonyl (C=O) groups is 1. The van der Waals surface area contributed by atoms with E-state index in [1.807, 2.05) is 42.5 Å². The monoisotopic (exact) mass is 441 g/mol. The molecule has 0 spiro atoms. The average molecular weight is 441 g/mol. The molecule has 1 N–H and O–H groups in total. The Morgan fingerprint density at radius 2 is 1.73 bits per heavy atom. The molecule has 0 bridgehead atoms. The van der Waals surface area contributed by atoms with Gasteiger partial charge in [0, 0.05) is 49.2 Å². The lowest BCUT2D eigenvalue weighted by molar-refractivity contribution is -0.383. The molecule has 8 heteroatoms. The van der Waals surface area contributed by atoms with Crippen molar-refractivity contribution < 1.29 is 9.72 Å². The predicted octanol–water partition coefficient (Wildman–Crippen LogP) is 4.56. The third-order valence-corrected chi connectivity index (χ3v) is 5.64. The first kappa shape index (κ1) is 21.8. The van der Waals surface area contributed by atoms with Crippen LogP contribution in [0.1, 0.15) is 22.3 Å². The second kappa shape index (κ2) is 9.83. The van der Waals surface area contributed by atoms with E-state index in [-0.39, 0.29) is 11.6 Å². The van der Waals surface area contributed by atoms with Crippen LogP contribution in [-0.4, -0.2) is 41.9 Å². The lowest BCUT2D eigenvalue weighted by Crippen LogP contribution is -2.35. The number of hydrogen-bond donors (Lipinski definition) is 1. The van der Waals surface area contributed by atoms with Gasteiger partial charge in [-0.05, 0) is 55.0 Å². The molecule has 0 unspecified atom stereocenters. The standard InChI is InChI=1S/C25H23N5O3/c26-18-19-7-10-22(11-8-19)28-13-4-14-29(16-15-28)25(31)20-9-12-23(24(17-20)30(32)33)27-21-5-2-1-3-6-21/h1-3,5-12,17,27H,4,13-16H2. The number of para-hydroxylation sites is 1. The number of nitro benzene ring substituents is 1. The van der Waals surface area contributed by atoms with E-state index in [9.17, 15) is 14.9 Å². The lowest BCUT2D eigenvalue weighted by atomic mass is 10.1. The van der Waals surface area contributed by atoms with Crippen LogP contribution in [0.4, 0.5) is 22.7 Å². The van der Waals surface area contributed by atoms with E-state index in [1.165, 1.54) is 6.07 Å². The van der Waals surface area contributed by atoms with Crippen LogP contribution >= 0.6 is 0 Å². The van der Waals surface area contributed by atoms with E-state index in [0.29, 0.717) is 36.4 Å². The zero-order chi connectivity index (χ0) is 23.2. The Morgan fingerprint density at radius 3 is 2.42 bits per heavy atom. The molecular formula is C25H23N5O3. The van der Waals surface area contributed by atoms with Crippen molar-refractivity contribution in [2.24, 2.45) is 0 Å². The third kappa shape index (κ3) is 5.10. The van der Waals surface area contributed by atoms with Crippen LogP contribution in [0.2, 0.25) is 0 Å². The average Bonchev–Trinajstić information content (AvgIpc) is 3.11. The number of anilines is 3. The smallest absolute Gasteiger partial charge is 0.293 e. The van der Waals surface area contributed by atoms with Gasteiger partial charge in [0.25, 0.3) is 11.6 Å². The van der Waals surface area contributed by atoms with Crippen molar-refractivity contribution in [1.82, 2.24) is 4.90 Å². The first-order valence-electron chi connectivity index (χ1n) is 10.7. The van der Waals surface area contributed by atoms with Gasteiger partial charge in [0.15, 0.2) is 0 Å². The highest BCUT2D eigenvalue weighted by molar-refractivity contribution is 5.96. The van der Waals surface area contributed by atoms with Crippen molar-refractivity contribution in [3.05, 3.63) is 94.0 Å². The summed E-state index contributed by atoms with van der Waals surface area (Å²) in [5, 5.41) is 23.7. The maximum Gasteiger partial charge on any atom is 0.293 e. The fourth-order valence-electron chi connectivity index (χ4n) is 3.91. The van der Waals surface area contributed by atoms with Crippen LogP contribution in [0.5, 0.6) is 0 Å². The second-order valence-corrected chi connectivity index (χ2v) is 7.77. The van der Waals surface area contributed by atoms with Crippen LogP contribution in [0.25, 0.3) is 0 Å². The molecule has 8 nitrogen and oxygen atoms in total. The number of nitriles is 1. The van der Waals surface area contributed by atoms with Crippen LogP contribution in [0.15, 0.2) is 72.8 Å². The number of nitrogens with one attached hydrogen (secondary N) is 1. The molecule has 1 amide bonds. The fourth-order valence-corrected chi connectivity index (χ4v) is 3.91. The van der Waals surface area contributed by atoms with Gasteiger partial charge in [-0.25, -0.2) is 0 Å². The van der Waals surface area contributed by atoms with E-state index in [1.54, 1.807) is 29.2 Å². The largest absolute Gasteiger partial charge is 0.370 e. The normalized spacial score (nSPS) is 13.7. The van der Waals surface area contributed by atoms with Crippen LogP contribution in [-0.2, 0) is 0 Å². The van der Waals surface area contributed by atoms with E-state index in [4.69, 9.17) is 5.26 Å². The van der Waals surface area contributed by atoms with Crippen molar-refractivity contribution in [2.45, 2.75) is 6.42 Å². The Kier molecular flexibility index (Phi) is 6.51. The SMILES string of the molecule is N#Cc1ccc(N2CCCN(C(=O)c3ccc(Nc4ccccc4)c([N+](=O)[O-])c3)CC2)cc1. The van der Waals surface area contributed by atoms with Crippen molar-refractivity contribution in [1.29, 1.82) is 5.26 Å². The molecule has 1 fully saturated rings. The first-order valence-corrected chi connectivity index (χ1v) is 10.7. The van der Waals surface area contributed by atoms with Gasteiger partial charge >= 0.3 is 0 Å². The molecule has 4 rings (SSSR count). The zero-order valence-electron chi connectivity index (χ0n) is 18.0. The maximum atomic E-state index is 13.2. The minimum absolute atomic E-state index is 0.140. The number of amides is 1. The molecule has 0 atom stereocenters. The Balaban J connectivity index is 1.48. The molecule has 166 valence electrons. The van der Waals surface area contributed by atoms with Gasteiger partial charge in [-0.3, -0.25) is 14.9 Å². The van der Waals surface area contributed by atoms with Gasteiger partial charge in [-0.1, -0.05) is 18.2 Å². The molecular weight excluding hydrogens is 418 g/mol. The summed E-state index contributed by atoms with van der Waals surface area (Å²) in [4.78, 5) is 28.3. The molecule has 1 aliphatic heterocycles. The quantitative estimate of drug-likeness (QED) is 0.460. The molecule has 33 heavy (non-hydrogen) atoms. The molecule has 1 saturated heterocycles. The molecule has 0 aliphatic carbocycles.